The molecule has 112 valence electrons. The highest BCUT2D eigenvalue weighted by Crippen LogP contribution is 2.26. The van der Waals surface area contributed by atoms with Crippen molar-refractivity contribution in [2.45, 2.75) is 25.2 Å². The number of amides is 1. The maximum absolute atomic E-state index is 12.1. The number of aryl methyl sites for hydroxylation is 1. The summed E-state index contributed by atoms with van der Waals surface area (Å²) in [6.45, 7) is 4.05. The highest BCUT2D eigenvalue weighted by Gasteiger charge is 2.18. The number of rotatable bonds is 6. The molecule has 0 bridgehead atoms. The van der Waals surface area contributed by atoms with E-state index in [4.69, 9.17) is 5.73 Å². The Morgan fingerprint density at radius 2 is 2.05 bits per heavy atom. The summed E-state index contributed by atoms with van der Waals surface area (Å²) in [5, 5.41) is 2.60. The Morgan fingerprint density at radius 1 is 1.40 bits per heavy atom. The van der Waals surface area contributed by atoms with Crippen LogP contribution in [0.15, 0.2) is 21.5 Å². The molecule has 0 fully saturated rings. The summed E-state index contributed by atoms with van der Waals surface area (Å²) in [6, 6.07) is 3.04. The lowest BCUT2D eigenvalue weighted by Crippen LogP contribution is -2.31. The number of nitrogens with one attached hydrogen (secondary N) is 2. The molecule has 1 amide bonds. The lowest BCUT2D eigenvalue weighted by atomic mass is 10.2. The largest absolute Gasteiger partial charge is 0.398 e. The first-order valence-electron chi connectivity index (χ1n) is 6.10. The topological polar surface area (TPSA) is 101 Å². The van der Waals surface area contributed by atoms with Crippen LogP contribution in [0.2, 0.25) is 0 Å². The Labute approximate surface area is 127 Å². The van der Waals surface area contributed by atoms with Crippen molar-refractivity contribution in [1.82, 2.24) is 10.0 Å². The van der Waals surface area contributed by atoms with Gasteiger partial charge in [0.25, 0.3) is 0 Å². The SMILES string of the molecule is CCNC(=O)CCNS(=O)(=O)c1cc(N)c(Br)cc1C. The molecular weight excluding hydrogens is 346 g/mol. The zero-order chi connectivity index (χ0) is 15.3. The zero-order valence-corrected chi connectivity index (χ0v) is 13.8. The number of anilines is 1. The smallest absolute Gasteiger partial charge is 0.240 e. The van der Waals surface area contributed by atoms with Crippen molar-refractivity contribution in [3.63, 3.8) is 0 Å². The van der Waals surface area contributed by atoms with Crippen LogP contribution in [0.1, 0.15) is 18.9 Å². The average molecular weight is 364 g/mol. The second-order valence-electron chi connectivity index (χ2n) is 4.24. The molecule has 0 aliphatic heterocycles. The van der Waals surface area contributed by atoms with Gasteiger partial charge in [0.1, 0.15) is 0 Å². The second kappa shape index (κ2) is 7.05. The molecule has 0 atom stereocenters. The predicted octanol–water partition coefficient (Wildman–Crippen LogP) is 1.14. The summed E-state index contributed by atoms with van der Waals surface area (Å²) in [7, 11) is -3.67. The van der Waals surface area contributed by atoms with E-state index in [0.717, 1.165) is 0 Å². The monoisotopic (exact) mass is 363 g/mol. The van der Waals surface area contributed by atoms with E-state index in [1.54, 1.807) is 19.9 Å². The molecule has 0 saturated heterocycles. The highest BCUT2D eigenvalue weighted by atomic mass is 79.9. The number of carbonyl (C=O) groups excluding carboxylic acids is 1. The molecule has 0 aromatic heterocycles. The fourth-order valence-corrected chi connectivity index (χ4v) is 3.37. The van der Waals surface area contributed by atoms with Gasteiger partial charge < -0.3 is 11.1 Å². The van der Waals surface area contributed by atoms with Gasteiger partial charge in [-0.05, 0) is 47.5 Å². The minimum Gasteiger partial charge on any atom is -0.398 e. The van der Waals surface area contributed by atoms with Gasteiger partial charge in [-0.1, -0.05) is 0 Å². The van der Waals surface area contributed by atoms with Crippen LogP contribution in [0.4, 0.5) is 5.69 Å². The van der Waals surface area contributed by atoms with Gasteiger partial charge in [0, 0.05) is 29.7 Å². The lowest BCUT2D eigenvalue weighted by molar-refractivity contribution is -0.120. The van der Waals surface area contributed by atoms with E-state index < -0.39 is 10.0 Å². The number of carbonyl (C=O) groups is 1. The molecule has 0 unspecified atom stereocenters. The van der Waals surface area contributed by atoms with Crippen molar-refractivity contribution in [2.24, 2.45) is 0 Å². The molecule has 8 heteroatoms. The number of hydrogen-bond donors (Lipinski definition) is 3. The van der Waals surface area contributed by atoms with Crippen LogP contribution in [0.25, 0.3) is 0 Å². The van der Waals surface area contributed by atoms with Crippen LogP contribution in [0, 0.1) is 6.92 Å². The fourth-order valence-electron chi connectivity index (χ4n) is 1.62. The van der Waals surface area contributed by atoms with Gasteiger partial charge in [-0.2, -0.15) is 0 Å². The van der Waals surface area contributed by atoms with Crippen LogP contribution in [0.3, 0.4) is 0 Å². The van der Waals surface area contributed by atoms with Crippen molar-refractivity contribution in [1.29, 1.82) is 0 Å². The summed E-state index contributed by atoms with van der Waals surface area (Å²) >= 11 is 3.24. The predicted molar refractivity (Wildman–Crippen MR) is 81.8 cm³/mol. The average Bonchev–Trinajstić information content (AvgIpc) is 2.33. The maximum atomic E-state index is 12.1. The van der Waals surface area contributed by atoms with Crippen LogP contribution in [0.5, 0.6) is 0 Å². The van der Waals surface area contributed by atoms with Gasteiger partial charge in [0.2, 0.25) is 15.9 Å². The molecule has 0 heterocycles. The van der Waals surface area contributed by atoms with Crippen molar-refractivity contribution in [3.05, 3.63) is 22.2 Å². The van der Waals surface area contributed by atoms with E-state index in [2.05, 4.69) is 26.0 Å². The van der Waals surface area contributed by atoms with Gasteiger partial charge >= 0.3 is 0 Å². The second-order valence-corrected chi connectivity index (χ2v) is 6.83. The number of nitrogens with two attached hydrogens (primary N) is 1. The standard InChI is InChI=1S/C12H18BrN3O3S/c1-3-15-12(17)4-5-16-20(18,19)11-7-10(14)9(13)6-8(11)2/h6-7,16H,3-5,14H2,1-2H3,(H,15,17). The molecule has 6 nitrogen and oxygen atoms in total. The Kier molecular flexibility index (Phi) is 5.97. The summed E-state index contributed by atoms with van der Waals surface area (Å²) in [5.74, 6) is -0.192. The summed E-state index contributed by atoms with van der Waals surface area (Å²) in [6.07, 6.45) is 0.0954. The first-order valence-corrected chi connectivity index (χ1v) is 8.37. The number of halogens is 1. The van der Waals surface area contributed by atoms with E-state index in [1.807, 2.05) is 0 Å². The van der Waals surface area contributed by atoms with Gasteiger partial charge in [-0.15, -0.1) is 0 Å². The Bertz CT molecular complexity index is 602. The first-order chi connectivity index (χ1) is 9.27. The summed E-state index contributed by atoms with van der Waals surface area (Å²) < 4.78 is 27.3. The molecule has 0 aliphatic carbocycles. The molecule has 0 radical (unpaired) electrons. The van der Waals surface area contributed by atoms with Crippen LogP contribution < -0.4 is 15.8 Å². The first kappa shape index (κ1) is 16.9. The van der Waals surface area contributed by atoms with Gasteiger partial charge in [0.05, 0.1) is 4.90 Å². The third kappa shape index (κ3) is 4.46. The molecule has 20 heavy (non-hydrogen) atoms. The fraction of sp³-hybridized carbons (Fsp3) is 0.417. The number of sulfonamides is 1. The number of benzene rings is 1. The number of nitrogen functional groups attached to an aromatic ring is 1. The van der Waals surface area contributed by atoms with Crippen molar-refractivity contribution < 1.29 is 13.2 Å². The van der Waals surface area contributed by atoms with Gasteiger partial charge in [-0.3, -0.25) is 4.79 Å². The Morgan fingerprint density at radius 3 is 2.65 bits per heavy atom. The minimum absolute atomic E-state index is 0.0452. The number of hydrogen-bond acceptors (Lipinski definition) is 4. The molecule has 0 aliphatic rings. The molecule has 1 rings (SSSR count). The third-order valence-corrected chi connectivity index (χ3v) is 4.89. The van der Waals surface area contributed by atoms with Gasteiger partial charge in [0.15, 0.2) is 0 Å². The Hall–Kier alpha value is -1.12. The molecule has 1 aromatic carbocycles. The highest BCUT2D eigenvalue weighted by molar-refractivity contribution is 9.10. The van der Waals surface area contributed by atoms with E-state index in [0.29, 0.717) is 22.3 Å². The Balaban J connectivity index is 2.79. The molecular formula is C12H18BrN3O3S. The molecule has 0 spiro atoms. The van der Waals surface area contributed by atoms with Crippen molar-refractivity contribution in [2.75, 3.05) is 18.8 Å². The van der Waals surface area contributed by atoms with E-state index in [-0.39, 0.29) is 23.8 Å². The maximum Gasteiger partial charge on any atom is 0.240 e. The van der Waals surface area contributed by atoms with E-state index in [1.165, 1.54) is 6.07 Å². The van der Waals surface area contributed by atoms with Crippen molar-refractivity contribution >= 4 is 37.5 Å². The van der Waals surface area contributed by atoms with Crippen molar-refractivity contribution in [3.8, 4) is 0 Å². The van der Waals surface area contributed by atoms with Gasteiger partial charge in [-0.25, -0.2) is 13.1 Å². The molecule has 0 saturated carbocycles. The van der Waals surface area contributed by atoms with Crippen LogP contribution >= 0.6 is 15.9 Å². The van der Waals surface area contributed by atoms with Crippen LogP contribution in [-0.4, -0.2) is 27.4 Å². The van der Waals surface area contributed by atoms with E-state index >= 15 is 0 Å². The summed E-state index contributed by atoms with van der Waals surface area (Å²) in [4.78, 5) is 11.4. The summed E-state index contributed by atoms with van der Waals surface area (Å²) in [5.41, 5.74) is 6.63. The van der Waals surface area contributed by atoms with Crippen LogP contribution in [-0.2, 0) is 14.8 Å². The molecule has 4 N–H and O–H groups in total. The minimum atomic E-state index is -3.67. The normalized spacial score (nSPS) is 11.3. The third-order valence-electron chi connectivity index (χ3n) is 2.60. The quantitative estimate of drug-likeness (QED) is 0.659. The lowest BCUT2D eigenvalue weighted by Gasteiger charge is -2.11. The van der Waals surface area contributed by atoms with E-state index in [9.17, 15) is 13.2 Å². The molecule has 1 aromatic rings. The zero-order valence-electron chi connectivity index (χ0n) is 11.4.